The van der Waals surface area contributed by atoms with Crippen LogP contribution >= 0.6 is 11.3 Å². The van der Waals surface area contributed by atoms with Gasteiger partial charge in [0, 0.05) is 25.0 Å². The first-order chi connectivity index (χ1) is 7.49. The Kier molecular flexibility index (Phi) is 5.08. The minimum absolute atomic E-state index is 0.273. The molecule has 0 saturated carbocycles. The SMILES string of the molecule is CC(C)NCc1csc(N(C)CC(F)F)n1. The Bertz CT molecular complexity index is 315. The van der Waals surface area contributed by atoms with Crippen LogP contribution in [-0.2, 0) is 6.54 Å². The lowest BCUT2D eigenvalue weighted by atomic mass is 10.4. The van der Waals surface area contributed by atoms with Gasteiger partial charge < -0.3 is 10.2 Å². The van der Waals surface area contributed by atoms with Crippen LogP contribution in [0.1, 0.15) is 19.5 Å². The molecule has 0 fully saturated rings. The summed E-state index contributed by atoms with van der Waals surface area (Å²) in [6, 6.07) is 0.393. The third-order valence-corrected chi connectivity index (χ3v) is 2.97. The Labute approximate surface area is 98.5 Å². The molecule has 1 heterocycles. The zero-order valence-corrected chi connectivity index (χ0v) is 10.5. The van der Waals surface area contributed by atoms with E-state index in [0.717, 1.165) is 5.69 Å². The Morgan fingerprint density at radius 1 is 1.50 bits per heavy atom. The lowest BCUT2D eigenvalue weighted by Gasteiger charge is -2.14. The fourth-order valence-electron chi connectivity index (χ4n) is 1.15. The van der Waals surface area contributed by atoms with Gasteiger partial charge in [0.05, 0.1) is 12.2 Å². The molecule has 1 aromatic rings. The monoisotopic (exact) mass is 249 g/mol. The number of anilines is 1. The number of nitrogens with zero attached hydrogens (tertiary/aromatic N) is 2. The number of rotatable bonds is 6. The van der Waals surface area contributed by atoms with Crippen LogP contribution in [0.4, 0.5) is 13.9 Å². The zero-order chi connectivity index (χ0) is 12.1. The fraction of sp³-hybridized carbons (Fsp3) is 0.700. The van der Waals surface area contributed by atoms with Gasteiger partial charge in [0.25, 0.3) is 6.43 Å². The van der Waals surface area contributed by atoms with E-state index in [-0.39, 0.29) is 6.54 Å². The standard InChI is InChI=1S/C10H17F2N3S/c1-7(2)13-4-8-6-16-10(14-8)15(3)5-9(11)12/h6-7,9,13H,4-5H2,1-3H3. The van der Waals surface area contributed by atoms with Crippen molar-refractivity contribution < 1.29 is 8.78 Å². The van der Waals surface area contributed by atoms with Gasteiger partial charge in [0.1, 0.15) is 0 Å². The van der Waals surface area contributed by atoms with E-state index in [1.807, 2.05) is 5.38 Å². The van der Waals surface area contributed by atoms with E-state index >= 15 is 0 Å². The minimum Gasteiger partial charge on any atom is -0.345 e. The van der Waals surface area contributed by atoms with Crippen LogP contribution < -0.4 is 10.2 Å². The summed E-state index contributed by atoms with van der Waals surface area (Å²) in [6.45, 7) is 4.51. The van der Waals surface area contributed by atoms with Crippen LogP contribution in [0.3, 0.4) is 0 Å². The molecule has 6 heteroatoms. The summed E-state index contributed by atoms with van der Waals surface area (Å²) in [4.78, 5) is 5.76. The summed E-state index contributed by atoms with van der Waals surface area (Å²) in [6.07, 6.45) is -2.33. The molecule has 0 aliphatic rings. The third-order valence-electron chi connectivity index (χ3n) is 1.97. The molecule has 0 bridgehead atoms. The van der Waals surface area contributed by atoms with Crippen molar-refractivity contribution in [1.29, 1.82) is 0 Å². The highest BCUT2D eigenvalue weighted by atomic mass is 32.1. The Morgan fingerprint density at radius 2 is 2.19 bits per heavy atom. The minimum atomic E-state index is -2.33. The highest BCUT2D eigenvalue weighted by molar-refractivity contribution is 7.13. The molecule has 0 amide bonds. The van der Waals surface area contributed by atoms with Gasteiger partial charge in [0.15, 0.2) is 5.13 Å². The summed E-state index contributed by atoms with van der Waals surface area (Å²) < 4.78 is 24.3. The Morgan fingerprint density at radius 3 is 2.75 bits per heavy atom. The molecule has 0 unspecified atom stereocenters. The molecule has 1 N–H and O–H groups in total. The van der Waals surface area contributed by atoms with Gasteiger partial charge in [-0.2, -0.15) is 0 Å². The molecule has 0 aliphatic carbocycles. The van der Waals surface area contributed by atoms with Crippen molar-refractivity contribution in [3.8, 4) is 0 Å². The molecule has 1 rings (SSSR count). The van der Waals surface area contributed by atoms with E-state index in [2.05, 4.69) is 24.1 Å². The van der Waals surface area contributed by atoms with E-state index in [1.165, 1.54) is 16.2 Å². The quantitative estimate of drug-likeness (QED) is 0.838. The largest absolute Gasteiger partial charge is 0.345 e. The number of halogens is 2. The Balaban J connectivity index is 2.50. The van der Waals surface area contributed by atoms with Crippen molar-refractivity contribution in [2.45, 2.75) is 32.9 Å². The van der Waals surface area contributed by atoms with Gasteiger partial charge in [-0.1, -0.05) is 13.8 Å². The Hall–Kier alpha value is -0.750. The molecular weight excluding hydrogens is 232 g/mol. The van der Waals surface area contributed by atoms with E-state index in [4.69, 9.17) is 0 Å². The summed E-state index contributed by atoms with van der Waals surface area (Å²) in [5.74, 6) is 0. The van der Waals surface area contributed by atoms with Gasteiger partial charge in [-0.05, 0) is 0 Å². The van der Waals surface area contributed by atoms with Crippen molar-refractivity contribution in [3.05, 3.63) is 11.1 Å². The molecule has 3 nitrogen and oxygen atoms in total. The number of aromatic nitrogens is 1. The van der Waals surface area contributed by atoms with Gasteiger partial charge >= 0.3 is 0 Å². The van der Waals surface area contributed by atoms with Crippen LogP contribution in [0.25, 0.3) is 0 Å². The maximum Gasteiger partial charge on any atom is 0.255 e. The van der Waals surface area contributed by atoms with E-state index in [9.17, 15) is 8.78 Å². The van der Waals surface area contributed by atoms with Crippen molar-refractivity contribution in [2.24, 2.45) is 0 Å². The summed E-state index contributed by atoms with van der Waals surface area (Å²) >= 11 is 1.39. The maximum absolute atomic E-state index is 12.2. The highest BCUT2D eigenvalue weighted by Gasteiger charge is 2.11. The first-order valence-electron chi connectivity index (χ1n) is 5.16. The normalized spacial score (nSPS) is 11.4. The van der Waals surface area contributed by atoms with Crippen molar-refractivity contribution in [1.82, 2.24) is 10.3 Å². The van der Waals surface area contributed by atoms with Gasteiger partial charge in [-0.3, -0.25) is 0 Å². The van der Waals surface area contributed by atoms with Crippen LogP contribution in [-0.4, -0.2) is 31.0 Å². The average Bonchev–Trinajstić information content (AvgIpc) is 2.61. The molecule has 0 aromatic carbocycles. The van der Waals surface area contributed by atoms with E-state index in [0.29, 0.717) is 17.7 Å². The second-order valence-corrected chi connectivity index (χ2v) is 4.77. The molecule has 92 valence electrons. The molecule has 1 aromatic heterocycles. The first kappa shape index (κ1) is 13.3. The van der Waals surface area contributed by atoms with Gasteiger partial charge in [-0.15, -0.1) is 11.3 Å². The lowest BCUT2D eigenvalue weighted by Crippen LogP contribution is -2.24. The number of alkyl halides is 2. The topological polar surface area (TPSA) is 28.2 Å². The average molecular weight is 249 g/mol. The summed E-state index contributed by atoms with van der Waals surface area (Å²) in [5, 5.41) is 5.77. The number of nitrogens with one attached hydrogen (secondary N) is 1. The molecule has 0 aliphatic heterocycles. The highest BCUT2D eigenvalue weighted by Crippen LogP contribution is 2.19. The number of hydrogen-bond acceptors (Lipinski definition) is 4. The molecule has 0 atom stereocenters. The number of thiazole rings is 1. The van der Waals surface area contributed by atoms with Crippen LogP contribution in [0, 0.1) is 0 Å². The molecule has 0 spiro atoms. The fourth-order valence-corrected chi connectivity index (χ4v) is 1.95. The maximum atomic E-state index is 12.2. The second kappa shape index (κ2) is 6.10. The molecule has 16 heavy (non-hydrogen) atoms. The predicted molar refractivity (Wildman–Crippen MR) is 63.4 cm³/mol. The number of hydrogen-bond donors (Lipinski definition) is 1. The summed E-state index contributed by atoms with van der Waals surface area (Å²) in [7, 11) is 1.63. The predicted octanol–water partition coefficient (Wildman–Crippen LogP) is 2.34. The van der Waals surface area contributed by atoms with E-state index in [1.54, 1.807) is 7.05 Å². The smallest absolute Gasteiger partial charge is 0.255 e. The van der Waals surface area contributed by atoms with E-state index < -0.39 is 6.43 Å². The summed E-state index contributed by atoms with van der Waals surface area (Å²) in [5.41, 5.74) is 0.898. The van der Waals surface area contributed by atoms with Crippen LogP contribution in [0.5, 0.6) is 0 Å². The van der Waals surface area contributed by atoms with Crippen LogP contribution in [0.2, 0.25) is 0 Å². The van der Waals surface area contributed by atoms with Crippen molar-refractivity contribution >= 4 is 16.5 Å². The lowest BCUT2D eigenvalue weighted by molar-refractivity contribution is 0.156. The first-order valence-corrected chi connectivity index (χ1v) is 6.04. The third kappa shape index (κ3) is 4.40. The molecule has 0 radical (unpaired) electrons. The zero-order valence-electron chi connectivity index (χ0n) is 9.70. The molecular formula is C10H17F2N3S. The van der Waals surface area contributed by atoms with Gasteiger partial charge in [-0.25, -0.2) is 13.8 Å². The van der Waals surface area contributed by atoms with Crippen molar-refractivity contribution in [2.75, 3.05) is 18.5 Å². The van der Waals surface area contributed by atoms with Crippen molar-refractivity contribution in [3.63, 3.8) is 0 Å². The second-order valence-electron chi connectivity index (χ2n) is 3.93. The molecule has 0 saturated heterocycles. The van der Waals surface area contributed by atoms with Gasteiger partial charge in [0.2, 0.25) is 0 Å². The van der Waals surface area contributed by atoms with Crippen LogP contribution in [0.15, 0.2) is 5.38 Å².